The molecule has 0 aliphatic rings. The second-order valence-electron chi connectivity index (χ2n) is 2.91. The van der Waals surface area contributed by atoms with Crippen molar-refractivity contribution in [3.05, 3.63) is 29.8 Å². The lowest BCUT2D eigenvalue weighted by Crippen LogP contribution is -2.15. The van der Waals surface area contributed by atoms with Gasteiger partial charge in [-0.15, -0.1) is 0 Å². The molecule has 0 saturated carbocycles. The smallest absolute Gasteiger partial charge is 0.320 e. The largest absolute Gasteiger partial charge is 0.497 e. The number of benzene rings is 1. The summed E-state index contributed by atoms with van der Waals surface area (Å²) >= 11 is 0. The van der Waals surface area contributed by atoms with Crippen LogP contribution >= 0.6 is 0 Å². The molecule has 1 unspecified atom stereocenters. The Hall–Kier alpha value is -1.84. The number of aldehydes is 1. The first-order valence-corrected chi connectivity index (χ1v) is 4.40. The monoisotopic (exact) mass is 208 g/mol. The fourth-order valence-corrected chi connectivity index (χ4v) is 1.21. The summed E-state index contributed by atoms with van der Waals surface area (Å²) in [5, 5.41) is 0. The molecule has 1 aromatic rings. The maximum atomic E-state index is 11.2. The highest BCUT2D eigenvalue weighted by molar-refractivity contribution is 5.94. The Morgan fingerprint density at radius 2 is 1.87 bits per heavy atom. The number of hydrogen-bond acceptors (Lipinski definition) is 4. The Bertz CT molecular complexity index is 342. The fourth-order valence-electron chi connectivity index (χ4n) is 1.21. The van der Waals surface area contributed by atoms with Crippen molar-refractivity contribution in [3.63, 3.8) is 0 Å². The van der Waals surface area contributed by atoms with Crippen molar-refractivity contribution in [3.8, 4) is 5.75 Å². The maximum Gasteiger partial charge on any atom is 0.320 e. The molecule has 0 fully saturated rings. The van der Waals surface area contributed by atoms with Gasteiger partial charge in [-0.2, -0.15) is 0 Å². The van der Waals surface area contributed by atoms with Crippen molar-refractivity contribution >= 4 is 12.3 Å². The van der Waals surface area contributed by atoms with Gasteiger partial charge in [0.2, 0.25) is 0 Å². The van der Waals surface area contributed by atoms with Gasteiger partial charge < -0.3 is 14.3 Å². The number of carbonyl (C=O) groups excluding carboxylic acids is 2. The van der Waals surface area contributed by atoms with E-state index in [1.807, 2.05) is 0 Å². The molecule has 15 heavy (non-hydrogen) atoms. The van der Waals surface area contributed by atoms with Crippen molar-refractivity contribution in [2.24, 2.45) is 0 Å². The van der Waals surface area contributed by atoms with Gasteiger partial charge in [0, 0.05) is 0 Å². The van der Waals surface area contributed by atoms with Crippen molar-refractivity contribution in [2.75, 3.05) is 14.2 Å². The van der Waals surface area contributed by atoms with Gasteiger partial charge in [0.05, 0.1) is 14.2 Å². The SMILES string of the molecule is COC(=O)C(C=O)c1ccc(OC)cc1. The Kier molecular flexibility index (Phi) is 3.85. The van der Waals surface area contributed by atoms with E-state index >= 15 is 0 Å². The van der Waals surface area contributed by atoms with Gasteiger partial charge in [0.1, 0.15) is 18.0 Å². The van der Waals surface area contributed by atoms with Crippen LogP contribution in [0.2, 0.25) is 0 Å². The molecule has 1 rings (SSSR count). The topological polar surface area (TPSA) is 52.6 Å². The third kappa shape index (κ3) is 2.56. The van der Waals surface area contributed by atoms with E-state index in [9.17, 15) is 9.59 Å². The normalized spacial score (nSPS) is 11.6. The zero-order valence-electron chi connectivity index (χ0n) is 8.60. The van der Waals surface area contributed by atoms with Crippen molar-refractivity contribution in [2.45, 2.75) is 5.92 Å². The van der Waals surface area contributed by atoms with Crippen LogP contribution in [0.25, 0.3) is 0 Å². The van der Waals surface area contributed by atoms with E-state index in [1.165, 1.54) is 7.11 Å². The van der Waals surface area contributed by atoms with Crippen LogP contribution in [0.3, 0.4) is 0 Å². The van der Waals surface area contributed by atoms with Crippen molar-refractivity contribution in [1.82, 2.24) is 0 Å². The summed E-state index contributed by atoms with van der Waals surface area (Å²) in [5.74, 6) is -0.746. The molecular weight excluding hydrogens is 196 g/mol. The van der Waals surface area contributed by atoms with Crippen LogP contribution in [0, 0.1) is 0 Å². The molecule has 1 aromatic carbocycles. The third-order valence-corrected chi connectivity index (χ3v) is 2.07. The summed E-state index contributed by atoms with van der Waals surface area (Å²) in [6, 6.07) is 6.70. The van der Waals surface area contributed by atoms with Crippen molar-refractivity contribution < 1.29 is 19.1 Å². The van der Waals surface area contributed by atoms with Gasteiger partial charge in [-0.25, -0.2) is 0 Å². The highest BCUT2D eigenvalue weighted by Gasteiger charge is 2.20. The van der Waals surface area contributed by atoms with E-state index < -0.39 is 11.9 Å². The summed E-state index contributed by atoms with van der Waals surface area (Å²) in [6.07, 6.45) is 0.563. The Labute approximate surface area is 87.8 Å². The molecule has 0 radical (unpaired) electrons. The molecule has 0 saturated heterocycles. The van der Waals surface area contributed by atoms with E-state index in [-0.39, 0.29) is 0 Å². The Morgan fingerprint density at radius 1 is 1.27 bits per heavy atom. The predicted octanol–water partition coefficient (Wildman–Crippen LogP) is 1.15. The third-order valence-electron chi connectivity index (χ3n) is 2.07. The summed E-state index contributed by atoms with van der Waals surface area (Å²) in [5.41, 5.74) is 0.595. The fraction of sp³-hybridized carbons (Fsp3) is 0.273. The lowest BCUT2D eigenvalue weighted by Gasteiger charge is -2.08. The first-order valence-electron chi connectivity index (χ1n) is 4.40. The van der Waals surface area contributed by atoms with Crippen LogP contribution in [-0.4, -0.2) is 26.5 Å². The standard InChI is InChI=1S/C11H12O4/c1-14-9-5-3-8(4-6-9)10(7-12)11(13)15-2/h3-7,10H,1-2H3. The van der Waals surface area contributed by atoms with E-state index in [1.54, 1.807) is 31.4 Å². The highest BCUT2D eigenvalue weighted by atomic mass is 16.5. The second-order valence-corrected chi connectivity index (χ2v) is 2.91. The molecule has 4 heteroatoms. The highest BCUT2D eigenvalue weighted by Crippen LogP contribution is 2.18. The van der Waals surface area contributed by atoms with Crippen molar-refractivity contribution in [1.29, 1.82) is 0 Å². The van der Waals surface area contributed by atoms with Crippen LogP contribution in [-0.2, 0) is 14.3 Å². The van der Waals surface area contributed by atoms with E-state index in [2.05, 4.69) is 4.74 Å². The molecule has 0 N–H and O–H groups in total. The van der Waals surface area contributed by atoms with Crippen LogP contribution in [0.4, 0.5) is 0 Å². The zero-order chi connectivity index (χ0) is 11.3. The quantitative estimate of drug-likeness (QED) is 0.423. The minimum atomic E-state index is -0.860. The summed E-state index contributed by atoms with van der Waals surface area (Å²) in [6.45, 7) is 0. The maximum absolute atomic E-state index is 11.2. The van der Waals surface area contributed by atoms with Gasteiger partial charge in [0.15, 0.2) is 0 Å². The predicted molar refractivity (Wildman–Crippen MR) is 53.8 cm³/mol. The van der Waals surface area contributed by atoms with Gasteiger partial charge >= 0.3 is 5.97 Å². The number of ether oxygens (including phenoxy) is 2. The lowest BCUT2D eigenvalue weighted by molar-refractivity contribution is -0.143. The number of methoxy groups -OCH3 is 2. The average molecular weight is 208 g/mol. The number of rotatable bonds is 4. The van der Waals surface area contributed by atoms with Gasteiger partial charge in [-0.05, 0) is 17.7 Å². The van der Waals surface area contributed by atoms with Gasteiger partial charge in [-0.3, -0.25) is 4.79 Å². The zero-order valence-corrected chi connectivity index (χ0v) is 8.60. The van der Waals surface area contributed by atoms with Gasteiger partial charge in [0.25, 0.3) is 0 Å². The summed E-state index contributed by atoms with van der Waals surface area (Å²) < 4.78 is 9.48. The Morgan fingerprint density at radius 3 is 2.27 bits per heavy atom. The molecule has 0 bridgehead atoms. The minimum Gasteiger partial charge on any atom is -0.497 e. The summed E-state index contributed by atoms with van der Waals surface area (Å²) in [4.78, 5) is 21.9. The van der Waals surface area contributed by atoms with Crippen LogP contribution in [0.1, 0.15) is 11.5 Å². The van der Waals surface area contributed by atoms with Crippen LogP contribution < -0.4 is 4.74 Å². The van der Waals surface area contributed by atoms with Crippen LogP contribution in [0.5, 0.6) is 5.75 Å². The molecular formula is C11H12O4. The first kappa shape index (κ1) is 11.2. The summed E-state index contributed by atoms with van der Waals surface area (Å²) in [7, 11) is 2.80. The van der Waals surface area contributed by atoms with E-state index in [0.717, 1.165) is 0 Å². The van der Waals surface area contributed by atoms with Gasteiger partial charge in [-0.1, -0.05) is 12.1 Å². The van der Waals surface area contributed by atoms with E-state index in [4.69, 9.17) is 4.74 Å². The molecule has 0 heterocycles. The van der Waals surface area contributed by atoms with E-state index in [0.29, 0.717) is 17.6 Å². The first-order chi connectivity index (χ1) is 7.22. The molecule has 0 aromatic heterocycles. The molecule has 0 aliphatic heterocycles. The number of esters is 1. The molecule has 80 valence electrons. The average Bonchev–Trinajstić information content (AvgIpc) is 2.30. The molecule has 0 aliphatic carbocycles. The Balaban J connectivity index is 2.92. The minimum absolute atomic E-state index is 0.560. The number of carbonyl (C=O) groups is 2. The molecule has 0 spiro atoms. The lowest BCUT2D eigenvalue weighted by atomic mass is 10.0. The second kappa shape index (κ2) is 5.14. The van der Waals surface area contributed by atoms with Crippen LogP contribution in [0.15, 0.2) is 24.3 Å². The molecule has 0 amide bonds. The molecule has 1 atom stereocenters. The molecule has 4 nitrogen and oxygen atoms in total. The number of hydrogen-bond donors (Lipinski definition) is 0.